The average Bonchev–Trinajstić information content (AvgIpc) is 3.28. The van der Waals surface area contributed by atoms with Crippen LogP contribution in [0.4, 0.5) is 0 Å². The van der Waals surface area contributed by atoms with Crippen LogP contribution >= 0.6 is 22.9 Å². The number of nitrogens with one attached hydrogen (secondary N) is 1. The van der Waals surface area contributed by atoms with Gasteiger partial charge in [-0.05, 0) is 43.4 Å². The molecule has 3 rings (SSSR count). The lowest BCUT2D eigenvalue weighted by Crippen LogP contribution is -2.34. The number of hydrogen-bond acceptors (Lipinski definition) is 3. The van der Waals surface area contributed by atoms with Crippen molar-refractivity contribution in [2.45, 2.75) is 32.4 Å². The van der Waals surface area contributed by atoms with Crippen LogP contribution in [0.3, 0.4) is 0 Å². The number of carbonyl (C=O) groups is 1. The molecule has 22 heavy (non-hydrogen) atoms. The van der Waals surface area contributed by atoms with Crippen LogP contribution in [0.15, 0.2) is 34.4 Å². The lowest BCUT2D eigenvalue weighted by Gasteiger charge is -2.19. The Hall–Kier alpha value is -1.59. The van der Waals surface area contributed by atoms with Crippen molar-refractivity contribution in [2.75, 3.05) is 0 Å². The number of aryl methyl sites for hydroxylation is 1. The zero-order valence-electron chi connectivity index (χ0n) is 12.2. The fourth-order valence-electron chi connectivity index (χ4n) is 2.53. The van der Waals surface area contributed by atoms with Gasteiger partial charge in [0.05, 0.1) is 6.04 Å². The molecule has 1 N–H and O–H groups in total. The van der Waals surface area contributed by atoms with Gasteiger partial charge in [-0.25, -0.2) is 0 Å². The van der Waals surface area contributed by atoms with E-state index < -0.39 is 0 Å². The van der Waals surface area contributed by atoms with Crippen molar-refractivity contribution in [2.24, 2.45) is 5.92 Å². The molecule has 0 saturated heterocycles. The molecule has 0 bridgehead atoms. The maximum absolute atomic E-state index is 12.3. The minimum Gasteiger partial charge on any atom is -0.347 e. The SMILES string of the molecule is Cc1csc(=O)n1CC(=O)N[C@@H](c1ccc(Cl)cc1)C1CC1. The molecule has 6 heteroatoms. The number of hydrogen-bond donors (Lipinski definition) is 1. The van der Waals surface area contributed by atoms with Gasteiger partial charge in [-0.1, -0.05) is 35.1 Å². The van der Waals surface area contributed by atoms with E-state index >= 15 is 0 Å². The maximum atomic E-state index is 12.3. The molecule has 1 atom stereocenters. The third-order valence-electron chi connectivity index (χ3n) is 3.92. The molecule has 0 radical (unpaired) electrons. The monoisotopic (exact) mass is 336 g/mol. The average molecular weight is 337 g/mol. The highest BCUT2D eigenvalue weighted by Crippen LogP contribution is 2.41. The Morgan fingerprint density at radius 1 is 1.41 bits per heavy atom. The van der Waals surface area contributed by atoms with E-state index in [4.69, 9.17) is 11.6 Å². The quantitative estimate of drug-likeness (QED) is 0.912. The lowest BCUT2D eigenvalue weighted by molar-refractivity contribution is -0.122. The van der Waals surface area contributed by atoms with Crippen LogP contribution in [-0.2, 0) is 11.3 Å². The van der Waals surface area contributed by atoms with E-state index in [2.05, 4.69) is 5.32 Å². The Morgan fingerprint density at radius 2 is 2.09 bits per heavy atom. The number of aromatic nitrogens is 1. The summed E-state index contributed by atoms with van der Waals surface area (Å²) in [7, 11) is 0. The Bertz CT molecular complexity index is 731. The van der Waals surface area contributed by atoms with Crippen LogP contribution in [0, 0.1) is 12.8 Å². The number of halogens is 1. The summed E-state index contributed by atoms with van der Waals surface area (Å²) in [6.45, 7) is 1.91. The first kappa shape index (κ1) is 15.3. The van der Waals surface area contributed by atoms with Crippen LogP contribution in [0.2, 0.25) is 5.02 Å². The minimum absolute atomic E-state index is 0.000546. The van der Waals surface area contributed by atoms with Gasteiger partial charge >= 0.3 is 4.87 Å². The van der Waals surface area contributed by atoms with Crippen molar-refractivity contribution in [3.05, 3.63) is 55.6 Å². The molecule has 1 heterocycles. The van der Waals surface area contributed by atoms with Crippen LogP contribution in [-0.4, -0.2) is 10.5 Å². The van der Waals surface area contributed by atoms with Crippen molar-refractivity contribution >= 4 is 28.8 Å². The van der Waals surface area contributed by atoms with Gasteiger partial charge in [0.15, 0.2) is 0 Å². The fourth-order valence-corrected chi connectivity index (χ4v) is 3.39. The van der Waals surface area contributed by atoms with Crippen molar-refractivity contribution in [1.82, 2.24) is 9.88 Å². The van der Waals surface area contributed by atoms with Gasteiger partial charge in [-0.3, -0.25) is 14.2 Å². The molecule has 0 spiro atoms. The second-order valence-electron chi connectivity index (χ2n) is 5.66. The van der Waals surface area contributed by atoms with E-state index in [-0.39, 0.29) is 23.4 Å². The molecule has 0 unspecified atom stereocenters. The van der Waals surface area contributed by atoms with E-state index in [0.717, 1.165) is 35.4 Å². The normalized spacial score (nSPS) is 15.5. The molecule has 116 valence electrons. The number of benzene rings is 1. The Balaban J connectivity index is 1.73. The fraction of sp³-hybridized carbons (Fsp3) is 0.375. The third kappa shape index (κ3) is 3.42. The second-order valence-corrected chi connectivity index (χ2v) is 6.92. The Morgan fingerprint density at radius 3 is 2.64 bits per heavy atom. The van der Waals surface area contributed by atoms with Crippen molar-refractivity contribution in [3.8, 4) is 0 Å². The molecule has 1 amide bonds. The molecule has 1 aliphatic carbocycles. The first-order valence-corrected chi connectivity index (χ1v) is 8.50. The molecular weight excluding hydrogens is 320 g/mol. The summed E-state index contributed by atoms with van der Waals surface area (Å²) in [4.78, 5) is 23.9. The summed E-state index contributed by atoms with van der Waals surface area (Å²) in [6.07, 6.45) is 2.23. The van der Waals surface area contributed by atoms with E-state index in [1.165, 1.54) is 4.57 Å². The van der Waals surface area contributed by atoms with E-state index in [0.29, 0.717) is 10.9 Å². The number of nitrogens with zero attached hydrogens (tertiary/aromatic N) is 1. The van der Waals surface area contributed by atoms with Gasteiger partial charge in [0.2, 0.25) is 5.91 Å². The highest BCUT2D eigenvalue weighted by molar-refractivity contribution is 7.07. The highest BCUT2D eigenvalue weighted by atomic mass is 35.5. The summed E-state index contributed by atoms with van der Waals surface area (Å²) in [5, 5.41) is 5.53. The second kappa shape index (κ2) is 6.26. The molecule has 1 fully saturated rings. The minimum atomic E-state index is -0.129. The zero-order chi connectivity index (χ0) is 15.7. The first-order valence-electron chi connectivity index (χ1n) is 7.24. The molecule has 2 aromatic rings. The number of carbonyl (C=O) groups excluding carboxylic acids is 1. The summed E-state index contributed by atoms with van der Waals surface area (Å²) < 4.78 is 1.51. The molecule has 4 nitrogen and oxygen atoms in total. The number of rotatable bonds is 5. The molecule has 1 aromatic carbocycles. The van der Waals surface area contributed by atoms with Crippen molar-refractivity contribution < 1.29 is 4.79 Å². The first-order chi connectivity index (χ1) is 10.5. The van der Waals surface area contributed by atoms with Gasteiger partial charge in [-0.2, -0.15) is 0 Å². The molecular formula is C16H17ClN2O2S. The van der Waals surface area contributed by atoms with Gasteiger partial charge < -0.3 is 5.32 Å². The van der Waals surface area contributed by atoms with Crippen molar-refractivity contribution in [3.63, 3.8) is 0 Å². The zero-order valence-corrected chi connectivity index (χ0v) is 13.8. The van der Waals surface area contributed by atoms with Crippen LogP contribution in [0.5, 0.6) is 0 Å². The van der Waals surface area contributed by atoms with Crippen LogP contribution < -0.4 is 10.2 Å². The number of thiazole rings is 1. The van der Waals surface area contributed by atoms with Crippen molar-refractivity contribution in [1.29, 1.82) is 0 Å². The Kier molecular flexibility index (Phi) is 4.36. The molecule has 1 aliphatic rings. The van der Waals surface area contributed by atoms with Gasteiger partial charge in [0.1, 0.15) is 6.54 Å². The van der Waals surface area contributed by atoms with Gasteiger partial charge in [-0.15, -0.1) is 0 Å². The molecule has 1 saturated carbocycles. The Labute approximate surface area is 137 Å². The van der Waals surface area contributed by atoms with E-state index in [1.54, 1.807) is 5.38 Å². The summed E-state index contributed by atoms with van der Waals surface area (Å²) >= 11 is 7.04. The summed E-state index contributed by atoms with van der Waals surface area (Å²) in [6, 6.07) is 7.58. The largest absolute Gasteiger partial charge is 0.347 e. The van der Waals surface area contributed by atoms with Crippen LogP contribution in [0.1, 0.15) is 30.1 Å². The molecule has 0 aliphatic heterocycles. The van der Waals surface area contributed by atoms with Gasteiger partial charge in [0, 0.05) is 16.1 Å². The van der Waals surface area contributed by atoms with Gasteiger partial charge in [0.25, 0.3) is 0 Å². The predicted octanol–water partition coefficient (Wildman–Crippen LogP) is 3.14. The standard InChI is InChI=1S/C16H17ClN2O2S/c1-10-9-22-16(21)19(10)8-14(20)18-15(11-2-3-11)12-4-6-13(17)7-5-12/h4-7,9,11,15H,2-3,8H2,1H3,(H,18,20)/t15-/m1/s1. The third-order valence-corrected chi connectivity index (χ3v) is 5.05. The number of amides is 1. The summed E-state index contributed by atoms with van der Waals surface area (Å²) in [5.41, 5.74) is 1.88. The topological polar surface area (TPSA) is 51.1 Å². The van der Waals surface area contributed by atoms with E-state index in [1.807, 2.05) is 31.2 Å². The smallest absolute Gasteiger partial charge is 0.307 e. The van der Waals surface area contributed by atoms with Crippen LogP contribution in [0.25, 0.3) is 0 Å². The predicted molar refractivity (Wildman–Crippen MR) is 88.4 cm³/mol. The maximum Gasteiger partial charge on any atom is 0.307 e. The highest BCUT2D eigenvalue weighted by Gasteiger charge is 2.33. The summed E-state index contributed by atoms with van der Waals surface area (Å²) in [5.74, 6) is 0.348. The molecule has 1 aromatic heterocycles. The lowest BCUT2D eigenvalue weighted by atomic mass is 10.0. The van der Waals surface area contributed by atoms with E-state index in [9.17, 15) is 9.59 Å².